The number of hydrogen-bond donors (Lipinski definition) is 2. The molecule has 2 rings (SSSR count). The number of carbonyl (C=O) groups is 1. The Bertz CT molecular complexity index is 412. The lowest BCUT2D eigenvalue weighted by Crippen LogP contribution is -2.49. The number of nitrogens with zero attached hydrogens (tertiary/aromatic N) is 1. The van der Waals surface area contributed by atoms with Crippen LogP contribution in [-0.4, -0.2) is 56.6 Å². The van der Waals surface area contributed by atoms with Gasteiger partial charge in [0.05, 0.1) is 5.75 Å². The van der Waals surface area contributed by atoms with Crippen LogP contribution in [0, 0.1) is 5.92 Å². The summed E-state index contributed by atoms with van der Waals surface area (Å²) in [5.41, 5.74) is 0. The van der Waals surface area contributed by atoms with Gasteiger partial charge < -0.3 is 10.6 Å². The van der Waals surface area contributed by atoms with Crippen molar-refractivity contribution in [1.82, 2.24) is 14.9 Å². The summed E-state index contributed by atoms with van der Waals surface area (Å²) in [6.45, 7) is 4.56. The van der Waals surface area contributed by atoms with Gasteiger partial charge in [-0.1, -0.05) is 0 Å². The van der Waals surface area contributed by atoms with E-state index < -0.39 is 10.0 Å². The van der Waals surface area contributed by atoms with E-state index in [0.29, 0.717) is 38.3 Å². The van der Waals surface area contributed by atoms with Crippen molar-refractivity contribution in [3.05, 3.63) is 0 Å². The molecule has 0 bridgehead atoms. The van der Waals surface area contributed by atoms with Crippen LogP contribution in [-0.2, 0) is 14.8 Å². The van der Waals surface area contributed by atoms with E-state index in [9.17, 15) is 13.2 Å². The molecule has 6 nitrogen and oxygen atoms in total. The van der Waals surface area contributed by atoms with Crippen molar-refractivity contribution in [2.24, 2.45) is 5.92 Å². The molecular formula is C12H23N3O3S. The zero-order valence-corrected chi connectivity index (χ0v) is 12.2. The molecule has 1 amide bonds. The van der Waals surface area contributed by atoms with Crippen LogP contribution in [0.1, 0.15) is 26.2 Å². The van der Waals surface area contributed by atoms with Gasteiger partial charge in [-0.15, -0.1) is 0 Å². The first-order chi connectivity index (χ1) is 9.01. The van der Waals surface area contributed by atoms with Gasteiger partial charge in [0.25, 0.3) is 0 Å². The Morgan fingerprint density at radius 2 is 1.95 bits per heavy atom. The fraction of sp³-hybridized carbons (Fsp3) is 0.917. The highest BCUT2D eigenvalue weighted by Crippen LogP contribution is 2.15. The summed E-state index contributed by atoms with van der Waals surface area (Å²) < 4.78 is 24.9. The van der Waals surface area contributed by atoms with Crippen LogP contribution >= 0.6 is 0 Å². The van der Waals surface area contributed by atoms with Crippen LogP contribution < -0.4 is 10.6 Å². The molecule has 2 aliphatic heterocycles. The van der Waals surface area contributed by atoms with Crippen molar-refractivity contribution in [3.63, 3.8) is 0 Å². The first-order valence-electron chi connectivity index (χ1n) is 6.99. The summed E-state index contributed by atoms with van der Waals surface area (Å²) >= 11 is 0. The van der Waals surface area contributed by atoms with E-state index in [4.69, 9.17) is 0 Å². The van der Waals surface area contributed by atoms with Gasteiger partial charge in [-0.2, -0.15) is 0 Å². The average Bonchev–Trinajstić information content (AvgIpc) is 2.35. The Morgan fingerprint density at radius 1 is 1.32 bits per heavy atom. The number of piperidine rings is 1. The third kappa shape index (κ3) is 3.90. The van der Waals surface area contributed by atoms with E-state index >= 15 is 0 Å². The van der Waals surface area contributed by atoms with Crippen molar-refractivity contribution in [1.29, 1.82) is 0 Å². The highest BCUT2D eigenvalue weighted by Gasteiger charge is 2.28. The third-order valence-electron chi connectivity index (χ3n) is 3.92. The predicted octanol–water partition coefficient (Wildman–Crippen LogP) is -0.474. The number of nitrogens with one attached hydrogen (secondary N) is 2. The number of rotatable bonds is 5. The van der Waals surface area contributed by atoms with Crippen LogP contribution in [0.4, 0.5) is 0 Å². The second-order valence-corrected chi connectivity index (χ2v) is 7.63. The van der Waals surface area contributed by atoms with E-state index in [1.165, 1.54) is 4.31 Å². The van der Waals surface area contributed by atoms with Gasteiger partial charge in [0.15, 0.2) is 0 Å². The maximum Gasteiger partial charge on any atom is 0.220 e. The SMILES string of the molecule is CCS(=O)(=O)N1CCC(NC(=O)CC2CNC2)CC1. The zero-order valence-electron chi connectivity index (χ0n) is 11.4. The monoisotopic (exact) mass is 289 g/mol. The summed E-state index contributed by atoms with van der Waals surface area (Å²) in [5, 5.41) is 6.17. The molecule has 2 fully saturated rings. The second kappa shape index (κ2) is 6.19. The molecule has 0 aromatic carbocycles. The summed E-state index contributed by atoms with van der Waals surface area (Å²) in [6.07, 6.45) is 2.02. The van der Waals surface area contributed by atoms with Crippen molar-refractivity contribution in [3.8, 4) is 0 Å². The largest absolute Gasteiger partial charge is 0.353 e. The summed E-state index contributed by atoms with van der Waals surface area (Å²) in [4.78, 5) is 11.8. The second-order valence-electron chi connectivity index (χ2n) is 5.37. The Hall–Kier alpha value is -0.660. The molecule has 2 aliphatic rings. The normalized spacial score (nSPS) is 23.0. The first-order valence-corrected chi connectivity index (χ1v) is 8.60. The minimum Gasteiger partial charge on any atom is -0.353 e. The molecule has 0 saturated carbocycles. The first kappa shape index (κ1) is 14.7. The van der Waals surface area contributed by atoms with Gasteiger partial charge in [-0.25, -0.2) is 12.7 Å². The van der Waals surface area contributed by atoms with E-state index in [1.54, 1.807) is 6.92 Å². The summed E-state index contributed by atoms with van der Waals surface area (Å²) in [6, 6.07) is 0.129. The molecule has 0 atom stereocenters. The molecular weight excluding hydrogens is 266 g/mol. The number of hydrogen-bond acceptors (Lipinski definition) is 4. The molecule has 0 radical (unpaired) electrons. The van der Waals surface area contributed by atoms with Crippen LogP contribution in [0.25, 0.3) is 0 Å². The lowest BCUT2D eigenvalue weighted by Gasteiger charge is -2.32. The standard InChI is InChI=1S/C12H23N3O3S/c1-2-19(17,18)15-5-3-11(4-6-15)14-12(16)7-10-8-13-9-10/h10-11,13H,2-9H2,1H3,(H,14,16). The van der Waals surface area contributed by atoms with Crippen molar-refractivity contribution in [2.75, 3.05) is 31.9 Å². The van der Waals surface area contributed by atoms with Gasteiger partial charge in [0.1, 0.15) is 0 Å². The molecule has 0 aliphatic carbocycles. The predicted molar refractivity (Wildman–Crippen MR) is 73.2 cm³/mol. The molecule has 110 valence electrons. The fourth-order valence-corrected chi connectivity index (χ4v) is 3.63. The van der Waals surface area contributed by atoms with Crippen LogP contribution in [0.15, 0.2) is 0 Å². The molecule has 7 heteroatoms. The average molecular weight is 289 g/mol. The van der Waals surface area contributed by atoms with E-state index in [1.807, 2.05) is 0 Å². The zero-order chi connectivity index (χ0) is 13.9. The Balaban J connectivity index is 1.72. The Morgan fingerprint density at radius 3 is 2.42 bits per heavy atom. The van der Waals surface area contributed by atoms with E-state index in [2.05, 4.69) is 10.6 Å². The van der Waals surface area contributed by atoms with Crippen molar-refractivity contribution < 1.29 is 13.2 Å². The van der Waals surface area contributed by atoms with Crippen molar-refractivity contribution in [2.45, 2.75) is 32.2 Å². The summed E-state index contributed by atoms with van der Waals surface area (Å²) in [7, 11) is -3.07. The van der Waals surface area contributed by atoms with Gasteiger partial charge >= 0.3 is 0 Å². The fourth-order valence-electron chi connectivity index (χ4n) is 2.50. The molecule has 0 aromatic rings. The molecule has 0 spiro atoms. The lowest BCUT2D eigenvalue weighted by molar-refractivity contribution is -0.123. The highest BCUT2D eigenvalue weighted by atomic mass is 32.2. The lowest BCUT2D eigenvalue weighted by atomic mass is 9.98. The minimum absolute atomic E-state index is 0.100. The molecule has 19 heavy (non-hydrogen) atoms. The third-order valence-corrected chi connectivity index (χ3v) is 5.80. The number of carbonyl (C=O) groups excluding carboxylic acids is 1. The Labute approximate surface area is 115 Å². The van der Waals surface area contributed by atoms with Crippen LogP contribution in [0.3, 0.4) is 0 Å². The van der Waals surface area contributed by atoms with Gasteiger partial charge in [-0.3, -0.25) is 4.79 Å². The topological polar surface area (TPSA) is 78.5 Å². The summed E-state index contributed by atoms with van der Waals surface area (Å²) in [5.74, 6) is 0.725. The van der Waals surface area contributed by atoms with Crippen LogP contribution in [0.5, 0.6) is 0 Å². The number of sulfonamides is 1. The highest BCUT2D eigenvalue weighted by molar-refractivity contribution is 7.89. The van der Waals surface area contributed by atoms with Gasteiger partial charge in [0.2, 0.25) is 15.9 Å². The molecule has 2 saturated heterocycles. The quantitative estimate of drug-likeness (QED) is 0.717. The van der Waals surface area contributed by atoms with Crippen LogP contribution in [0.2, 0.25) is 0 Å². The maximum atomic E-state index is 11.8. The molecule has 0 aromatic heterocycles. The van der Waals surface area contributed by atoms with E-state index in [-0.39, 0.29) is 17.7 Å². The molecule has 2 heterocycles. The van der Waals surface area contributed by atoms with Gasteiger partial charge in [-0.05, 0) is 38.8 Å². The Kier molecular flexibility index (Phi) is 4.81. The number of amides is 1. The maximum absolute atomic E-state index is 11.8. The van der Waals surface area contributed by atoms with E-state index in [0.717, 1.165) is 13.1 Å². The van der Waals surface area contributed by atoms with Crippen molar-refractivity contribution >= 4 is 15.9 Å². The minimum atomic E-state index is -3.07. The smallest absolute Gasteiger partial charge is 0.220 e. The molecule has 0 unspecified atom stereocenters. The van der Waals surface area contributed by atoms with Gasteiger partial charge in [0, 0.05) is 25.6 Å². The molecule has 2 N–H and O–H groups in total.